The summed E-state index contributed by atoms with van der Waals surface area (Å²) in [6.45, 7) is 7.26. The zero-order chi connectivity index (χ0) is 20.6. The van der Waals surface area contributed by atoms with Crippen molar-refractivity contribution in [2.75, 3.05) is 65.5 Å². The van der Waals surface area contributed by atoms with Crippen LogP contribution in [-0.4, -0.2) is 89.7 Å². The molecule has 1 saturated heterocycles. The Kier molecular flexibility index (Phi) is 8.37. The van der Waals surface area contributed by atoms with Crippen LogP contribution in [0.1, 0.15) is 12.5 Å². The predicted octanol–water partition coefficient (Wildman–Crippen LogP) is 0.832. The maximum Gasteiger partial charge on any atom is 0.194 e. The number of rotatable bonds is 8. The lowest BCUT2D eigenvalue weighted by molar-refractivity contribution is 0.171. The Morgan fingerprint density at radius 2 is 1.89 bits per heavy atom. The van der Waals surface area contributed by atoms with Crippen molar-refractivity contribution in [2.45, 2.75) is 13.5 Å². The van der Waals surface area contributed by atoms with E-state index in [1.165, 1.54) is 6.26 Å². The van der Waals surface area contributed by atoms with E-state index in [9.17, 15) is 8.42 Å². The lowest BCUT2D eigenvalue weighted by atomic mass is 10.1. The molecule has 0 aliphatic carbocycles. The molecule has 0 spiro atoms. The van der Waals surface area contributed by atoms with Gasteiger partial charge in [0.1, 0.15) is 21.3 Å². The molecule has 1 N–H and O–H groups in total. The summed E-state index contributed by atoms with van der Waals surface area (Å²) in [6, 6.07) is 5.85. The molecule has 1 heterocycles. The zero-order valence-electron chi connectivity index (χ0n) is 17.3. The van der Waals surface area contributed by atoms with Crippen LogP contribution in [0.2, 0.25) is 0 Å². The van der Waals surface area contributed by atoms with Crippen molar-refractivity contribution in [3.05, 3.63) is 23.8 Å². The standard InChI is InChI=1S/C19H32N4O4S/c1-5-20-19(21-8-13-28(4,24)25)23-11-9-22(10-12-23)15-16-14-17(26-2)6-7-18(16)27-3/h6-7,14H,5,8-13,15H2,1-4H3,(H,20,21). The summed E-state index contributed by atoms with van der Waals surface area (Å²) >= 11 is 0. The van der Waals surface area contributed by atoms with E-state index in [-0.39, 0.29) is 12.3 Å². The summed E-state index contributed by atoms with van der Waals surface area (Å²) in [7, 11) is 0.337. The quantitative estimate of drug-likeness (QED) is 0.500. The second-order valence-electron chi connectivity index (χ2n) is 6.81. The van der Waals surface area contributed by atoms with Crippen LogP contribution in [0, 0.1) is 0 Å². The van der Waals surface area contributed by atoms with Gasteiger partial charge in [-0.05, 0) is 25.1 Å². The number of benzene rings is 1. The van der Waals surface area contributed by atoms with E-state index in [0.717, 1.165) is 62.3 Å². The summed E-state index contributed by atoms with van der Waals surface area (Å²) < 4.78 is 33.5. The fraction of sp³-hybridized carbons (Fsp3) is 0.632. The molecule has 9 heteroatoms. The van der Waals surface area contributed by atoms with Gasteiger partial charge in [-0.1, -0.05) is 0 Å². The molecule has 28 heavy (non-hydrogen) atoms. The van der Waals surface area contributed by atoms with Crippen molar-refractivity contribution >= 4 is 15.8 Å². The highest BCUT2D eigenvalue weighted by Gasteiger charge is 2.21. The van der Waals surface area contributed by atoms with Crippen molar-refractivity contribution in [3.63, 3.8) is 0 Å². The number of hydrogen-bond acceptors (Lipinski definition) is 6. The second kappa shape index (κ2) is 10.5. The summed E-state index contributed by atoms with van der Waals surface area (Å²) in [5.41, 5.74) is 1.10. The molecule has 0 radical (unpaired) electrons. The van der Waals surface area contributed by atoms with Crippen LogP contribution in [0.15, 0.2) is 23.2 Å². The van der Waals surface area contributed by atoms with Crippen LogP contribution in [-0.2, 0) is 16.4 Å². The summed E-state index contributed by atoms with van der Waals surface area (Å²) in [5.74, 6) is 2.53. The molecule has 1 aliphatic rings. The molecule has 1 aliphatic heterocycles. The number of piperazine rings is 1. The molecule has 1 fully saturated rings. The van der Waals surface area contributed by atoms with Crippen molar-refractivity contribution in [1.29, 1.82) is 0 Å². The molecule has 8 nitrogen and oxygen atoms in total. The lowest BCUT2D eigenvalue weighted by Gasteiger charge is -2.36. The van der Waals surface area contributed by atoms with Gasteiger partial charge in [0.05, 0.1) is 26.5 Å². The molecule has 0 aromatic heterocycles. The lowest BCUT2D eigenvalue weighted by Crippen LogP contribution is -2.52. The first-order valence-corrected chi connectivity index (χ1v) is 11.6. The first-order chi connectivity index (χ1) is 13.4. The van der Waals surface area contributed by atoms with E-state index in [1.54, 1.807) is 14.2 Å². The molecule has 2 rings (SSSR count). The van der Waals surface area contributed by atoms with E-state index in [1.807, 2.05) is 25.1 Å². The number of sulfone groups is 1. The van der Waals surface area contributed by atoms with E-state index < -0.39 is 9.84 Å². The van der Waals surface area contributed by atoms with Crippen LogP contribution in [0.25, 0.3) is 0 Å². The third kappa shape index (κ3) is 6.87. The van der Waals surface area contributed by atoms with Gasteiger partial charge in [-0.3, -0.25) is 9.89 Å². The van der Waals surface area contributed by atoms with E-state index in [4.69, 9.17) is 9.47 Å². The number of nitrogens with zero attached hydrogens (tertiary/aromatic N) is 3. The fourth-order valence-electron chi connectivity index (χ4n) is 3.11. The zero-order valence-corrected chi connectivity index (χ0v) is 18.1. The van der Waals surface area contributed by atoms with Gasteiger partial charge >= 0.3 is 0 Å². The molecular formula is C19H32N4O4S. The molecule has 0 unspecified atom stereocenters. The highest BCUT2D eigenvalue weighted by molar-refractivity contribution is 7.90. The minimum absolute atomic E-state index is 0.0670. The summed E-state index contributed by atoms with van der Waals surface area (Å²) in [4.78, 5) is 9.03. The number of aliphatic imine (C=N–C) groups is 1. The summed E-state index contributed by atoms with van der Waals surface area (Å²) in [6.07, 6.45) is 1.24. The third-order valence-electron chi connectivity index (χ3n) is 4.61. The highest BCUT2D eigenvalue weighted by Crippen LogP contribution is 2.25. The number of hydrogen-bond donors (Lipinski definition) is 1. The second-order valence-corrected chi connectivity index (χ2v) is 9.07. The molecule has 0 bridgehead atoms. The van der Waals surface area contributed by atoms with Crippen molar-refractivity contribution in [1.82, 2.24) is 15.1 Å². The largest absolute Gasteiger partial charge is 0.497 e. The van der Waals surface area contributed by atoms with Gasteiger partial charge in [0.15, 0.2) is 5.96 Å². The fourth-order valence-corrected chi connectivity index (χ4v) is 3.53. The monoisotopic (exact) mass is 412 g/mol. The van der Waals surface area contributed by atoms with Gasteiger partial charge in [-0.15, -0.1) is 0 Å². The molecular weight excluding hydrogens is 380 g/mol. The Labute approximate surface area is 168 Å². The number of methoxy groups -OCH3 is 2. The minimum Gasteiger partial charge on any atom is -0.497 e. The van der Waals surface area contributed by atoms with Crippen molar-refractivity contribution in [3.8, 4) is 11.5 Å². The Bertz CT molecular complexity index is 759. The molecule has 1 aromatic carbocycles. The normalized spacial score (nSPS) is 16.1. The van der Waals surface area contributed by atoms with Crippen molar-refractivity contribution < 1.29 is 17.9 Å². The van der Waals surface area contributed by atoms with Gasteiger partial charge < -0.3 is 19.7 Å². The number of nitrogens with one attached hydrogen (secondary N) is 1. The van der Waals surface area contributed by atoms with Gasteiger partial charge in [-0.25, -0.2) is 8.42 Å². The van der Waals surface area contributed by atoms with Crippen LogP contribution < -0.4 is 14.8 Å². The Hall–Kier alpha value is -2.00. The Balaban J connectivity index is 1.96. The van der Waals surface area contributed by atoms with Crippen LogP contribution in [0.4, 0.5) is 0 Å². The molecule has 1 aromatic rings. The first kappa shape index (κ1) is 22.3. The van der Waals surface area contributed by atoms with Gasteiger partial charge in [-0.2, -0.15) is 0 Å². The van der Waals surface area contributed by atoms with Gasteiger partial charge in [0, 0.05) is 51.1 Å². The van der Waals surface area contributed by atoms with Crippen LogP contribution >= 0.6 is 0 Å². The van der Waals surface area contributed by atoms with Gasteiger partial charge in [0.2, 0.25) is 0 Å². The molecule has 0 amide bonds. The Morgan fingerprint density at radius 3 is 2.46 bits per heavy atom. The number of ether oxygens (including phenoxy) is 2. The Morgan fingerprint density at radius 1 is 1.18 bits per heavy atom. The molecule has 0 atom stereocenters. The maximum absolute atomic E-state index is 11.3. The van der Waals surface area contributed by atoms with E-state index >= 15 is 0 Å². The average molecular weight is 413 g/mol. The highest BCUT2D eigenvalue weighted by atomic mass is 32.2. The van der Waals surface area contributed by atoms with Crippen molar-refractivity contribution in [2.24, 2.45) is 4.99 Å². The topological polar surface area (TPSA) is 83.5 Å². The average Bonchev–Trinajstić information content (AvgIpc) is 2.67. The predicted molar refractivity (Wildman–Crippen MR) is 112 cm³/mol. The number of guanidine groups is 1. The summed E-state index contributed by atoms with van der Waals surface area (Å²) in [5, 5.41) is 3.26. The minimum atomic E-state index is -3.00. The van der Waals surface area contributed by atoms with E-state index in [2.05, 4.69) is 20.1 Å². The smallest absolute Gasteiger partial charge is 0.194 e. The maximum atomic E-state index is 11.3. The molecule has 0 saturated carbocycles. The first-order valence-electron chi connectivity index (χ1n) is 9.50. The van der Waals surface area contributed by atoms with E-state index in [0.29, 0.717) is 0 Å². The molecule has 158 valence electrons. The van der Waals surface area contributed by atoms with Gasteiger partial charge in [0.25, 0.3) is 0 Å². The third-order valence-corrected chi connectivity index (χ3v) is 5.54. The van der Waals surface area contributed by atoms with Crippen LogP contribution in [0.5, 0.6) is 11.5 Å². The van der Waals surface area contributed by atoms with Crippen LogP contribution in [0.3, 0.4) is 0 Å². The SMILES string of the molecule is CCNC(=NCCS(C)(=O)=O)N1CCN(Cc2cc(OC)ccc2OC)CC1.